The SMILES string of the molecule is CCCC(=O)O[C@]1(C(=O)SCF)CC[C@H]2[C@@H]3C[C@H](C)C4=Cc5c(cnn5-c5cccc(C(=O)NCC(N)=O)c5)C[C@]4(C)[C@H]3[C@@H](O)C[C@@]21C. The van der Waals surface area contributed by atoms with Gasteiger partial charge in [0.25, 0.3) is 5.91 Å². The molecule has 1 heterocycles. The number of fused-ring (bicyclic) bond motifs is 6. The summed E-state index contributed by atoms with van der Waals surface area (Å²) >= 11 is 0.565. The van der Waals surface area contributed by atoms with Gasteiger partial charge in [-0.2, -0.15) is 5.10 Å². The number of hydrogen-bond donors (Lipinski definition) is 3. The Labute approximate surface area is 284 Å². The molecular formula is C36H45FN4O6S. The van der Waals surface area contributed by atoms with Crippen LogP contribution < -0.4 is 11.1 Å². The first-order valence-electron chi connectivity index (χ1n) is 16.9. The molecule has 0 saturated heterocycles. The van der Waals surface area contributed by atoms with Crippen molar-refractivity contribution >= 4 is 40.7 Å². The number of aliphatic hydroxyl groups is 1. The third-order valence-corrected chi connectivity index (χ3v) is 12.6. The fraction of sp³-hybridized carbons (Fsp3) is 0.583. The van der Waals surface area contributed by atoms with Crippen LogP contribution in [0.25, 0.3) is 11.8 Å². The number of primary amides is 1. The van der Waals surface area contributed by atoms with E-state index in [4.69, 9.17) is 15.6 Å². The fourth-order valence-corrected chi connectivity index (χ4v) is 10.7. The van der Waals surface area contributed by atoms with Crippen LogP contribution in [0.2, 0.25) is 0 Å². The summed E-state index contributed by atoms with van der Waals surface area (Å²) in [6.45, 7) is 8.04. The monoisotopic (exact) mass is 680 g/mol. The van der Waals surface area contributed by atoms with E-state index in [1.807, 2.05) is 30.8 Å². The number of nitrogens with one attached hydrogen (secondary N) is 1. The lowest BCUT2D eigenvalue weighted by atomic mass is 9.44. The Balaban J connectivity index is 1.33. The molecule has 6 rings (SSSR count). The van der Waals surface area contributed by atoms with E-state index in [0.717, 1.165) is 17.7 Å². The summed E-state index contributed by atoms with van der Waals surface area (Å²) < 4.78 is 21.5. The van der Waals surface area contributed by atoms with Gasteiger partial charge in [0, 0.05) is 17.4 Å². The van der Waals surface area contributed by atoms with Crippen molar-refractivity contribution in [1.29, 1.82) is 0 Å². The van der Waals surface area contributed by atoms with Gasteiger partial charge in [0.05, 0.1) is 30.2 Å². The van der Waals surface area contributed by atoms with Crippen molar-refractivity contribution in [3.05, 3.63) is 52.9 Å². The zero-order valence-corrected chi connectivity index (χ0v) is 28.8. The molecule has 3 fully saturated rings. The molecule has 2 aromatic rings. The molecule has 4 aliphatic carbocycles. The number of benzene rings is 1. The minimum Gasteiger partial charge on any atom is -0.449 e. The number of amides is 2. The van der Waals surface area contributed by atoms with Crippen LogP contribution >= 0.6 is 11.8 Å². The highest BCUT2D eigenvalue weighted by molar-refractivity contribution is 8.13. The van der Waals surface area contributed by atoms with E-state index in [1.54, 1.807) is 18.2 Å². The number of nitrogens with zero attached hydrogens (tertiary/aromatic N) is 2. The van der Waals surface area contributed by atoms with E-state index in [0.29, 0.717) is 48.7 Å². The molecule has 10 nitrogen and oxygen atoms in total. The maximum absolute atomic E-state index is 13.7. The van der Waals surface area contributed by atoms with Gasteiger partial charge in [-0.25, -0.2) is 9.07 Å². The molecule has 1 aromatic carbocycles. The summed E-state index contributed by atoms with van der Waals surface area (Å²) in [7, 11) is 0. The van der Waals surface area contributed by atoms with Crippen molar-refractivity contribution in [2.75, 3.05) is 12.6 Å². The number of carbonyl (C=O) groups excluding carboxylic acids is 4. The number of carbonyl (C=O) groups is 4. The van der Waals surface area contributed by atoms with Crippen LogP contribution in [0.4, 0.5) is 4.39 Å². The lowest BCUT2D eigenvalue weighted by Crippen LogP contribution is -2.63. The Kier molecular flexibility index (Phi) is 9.12. The van der Waals surface area contributed by atoms with Gasteiger partial charge in [-0.3, -0.25) is 19.2 Å². The second kappa shape index (κ2) is 12.7. The number of hydrogen-bond acceptors (Lipinski definition) is 8. The minimum atomic E-state index is -1.47. The van der Waals surface area contributed by atoms with Crippen molar-refractivity contribution in [2.24, 2.45) is 40.2 Å². The lowest BCUT2D eigenvalue weighted by Gasteiger charge is -2.61. The molecule has 258 valence electrons. The zero-order chi connectivity index (χ0) is 34.6. The number of esters is 1. The molecule has 1 aromatic heterocycles. The highest BCUT2D eigenvalue weighted by Crippen LogP contribution is 2.69. The molecule has 4 N–H and O–H groups in total. The average molecular weight is 681 g/mol. The number of thioether (sulfide) groups is 1. The largest absolute Gasteiger partial charge is 0.449 e. The summed E-state index contributed by atoms with van der Waals surface area (Å²) in [6, 6.07) is 6.14. The zero-order valence-electron chi connectivity index (χ0n) is 28.0. The normalized spacial score (nSPS) is 33.4. The molecule has 0 bridgehead atoms. The van der Waals surface area contributed by atoms with Gasteiger partial charge in [0.2, 0.25) is 11.0 Å². The van der Waals surface area contributed by atoms with E-state index < -0.39 is 46.0 Å². The predicted octanol–water partition coefficient (Wildman–Crippen LogP) is 4.76. The fourth-order valence-electron chi connectivity index (χ4n) is 10.0. The Morgan fingerprint density at radius 2 is 2.02 bits per heavy atom. The predicted molar refractivity (Wildman–Crippen MR) is 179 cm³/mol. The molecule has 2 amide bonds. The highest BCUT2D eigenvalue weighted by atomic mass is 32.2. The topological polar surface area (TPSA) is 154 Å². The third kappa shape index (κ3) is 5.39. The van der Waals surface area contributed by atoms with E-state index in [1.165, 1.54) is 5.57 Å². The van der Waals surface area contributed by atoms with Crippen molar-refractivity contribution < 1.29 is 33.4 Å². The summed E-state index contributed by atoms with van der Waals surface area (Å²) in [5.74, 6) is -1.35. The number of allylic oxidation sites excluding steroid dienone is 1. The Morgan fingerprint density at radius 1 is 1.25 bits per heavy atom. The minimum absolute atomic E-state index is 0.0119. The summed E-state index contributed by atoms with van der Waals surface area (Å²) in [6.07, 6.45) is 6.76. The maximum atomic E-state index is 13.7. The number of rotatable bonds is 9. The van der Waals surface area contributed by atoms with Gasteiger partial charge in [-0.15, -0.1) is 0 Å². The van der Waals surface area contributed by atoms with Gasteiger partial charge in [-0.1, -0.05) is 39.3 Å². The second-order valence-corrected chi connectivity index (χ2v) is 15.5. The quantitative estimate of drug-likeness (QED) is 0.321. The number of aliphatic hydroxyl groups excluding tert-OH is 1. The van der Waals surface area contributed by atoms with Crippen molar-refractivity contribution in [3.8, 4) is 5.69 Å². The molecule has 48 heavy (non-hydrogen) atoms. The van der Waals surface area contributed by atoms with Crippen LogP contribution in [0.15, 0.2) is 36.0 Å². The average Bonchev–Trinajstić information content (AvgIpc) is 3.57. The molecule has 0 spiro atoms. The van der Waals surface area contributed by atoms with Gasteiger partial charge >= 0.3 is 5.97 Å². The summed E-state index contributed by atoms with van der Waals surface area (Å²) in [5, 5.41) is 18.9. The molecule has 0 aliphatic heterocycles. The maximum Gasteiger partial charge on any atom is 0.306 e. The van der Waals surface area contributed by atoms with Crippen LogP contribution in [0.5, 0.6) is 0 Å². The molecular weight excluding hydrogens is 635 g/mol. The Morgan fingerprint density at radius 3 is 2.73 bits per heavy atom. The van der Waals surface area contributed by atoms with Gasteiger partial charge < -0.3 is 20.9 Å². The van der Waals surface area contributed by atoms with Crippen LogP contribution in [-0.2, 0) is 25.5 Å². The molecule has 4 aliphatic rings. The highest BCUT2D eigenvalue weighted by Gasteiger charge is 2.71. The molecule has 0 unspecified atom stereocenters. The van der Waals surface area contributed by atoms with E-state index >= 15 is 0 Å². The van der Waals surface area contributed by atoms with E-state index in [9.17, 15) is 28.7 Å². The van der Waals surface area contributed by atoms with Crippen LogP contribution in [0, 0.1) is 34.5 Å². The molecule has 0 radical (unpaired) electrons. The van der Waals surface area contributed by atoms with Gasteiger partial charge in [0.1, 0.15) is 6.01 Å². The number of aromatic nitrogens is 2. The third-order valence-electron chi connectivity index (χ3n) is 11.9. The van der Waals surface area contributed by atoms with Gasteiger partial charge in [-0.05, 0) is 109 Å². The first-order valence-corrected chi connectivity index (χ1v) is 17.9. The van der Waals surface area contributed by atoms with Crippen molar-refractivity contribution in [1.82, 2.24) is 15.1 Å². The van der Waals surface area contributed by atoms with Crippen molar-refractivity contribution in [2.45, 2.75) is 84.3 Å². The van der Waals surface area contributed by atoms with Gasteiger partial charge in [0.15, 0.2) is 5.60 Å². The van der Waals surface area contributed by atoms with E-state index in [2.05, 4.69) is 25.2 Å². The number of ether oxygens (including phenoxy) is 1. The molecule has 3 saturated carbocycles. The number of halogens is 1. The van der Waals surface area contributed by atoms with Crippen molar-refractivity contribution in [3.63, 3.8) is 0 Å². The number of alkyl halides is 1. The lowest BCUT2D eigenvalue weighted by molar-refractivity contribution is -0.197. The molecule has 12 heteroatoms. The standard InChI is InChI=1S/C36H45FN4O6S/c1-5-7-30(44)47-36(33(46)48-19-37)11-10-25-24-12-20(2)26-14-27-22(15-34(26,3)31(24)28(42)16-35(25,36)4)17-40-41(27)23-9-6-8-21(13-23)32(45)39-18-29(38)43/h6,8-9,13-14,17,20,24-25,28,31,42H,5,7,10-12,15-16,18-19H2,1-4H3,(H2,38,43)(H,39,45)/t20-,24-,25-,28-,31+,34-,35-,36-/m0/s1. The van der Waals surface area contributed by atoms with Crippen LogP contribution in [0.1, 0.15) is 87.8 Å². The first-order chi connectivity index (χ1) is 22.8. The smallest absolute Gasteiger partial charge is 0.306 e. The summed E-state index contributed by atoms with van der Waals surface area (Å²) in [5.41, 5.74) is 6.77. The Hall–Kier alpha value is -3.51. The molecule has 8 atom stereocenters. The second-order valence-electron chi connectivity index (χ2n) is 14.6. The summed E-state index contributed by atoms with van der Waals surface area (Å²) in [4.78, 5) is 50.4. The van der Waals surface area contributed by atoms with Crippen LogP contribution in [0.3, 0.4) is 0 Å². The number of nitrogens with two attached hydrogens (primary N) is 1. The van der Waals surface area contributed by atoms with Crippen LogP contribution in [-0.4, -0.2) is 62.0 Å². The van der Waals surface area contributed by atoms with E-state index in [-0.39, 0.29) is 48.5 Å². The first kappa shape index (κ1) is 34.4. The Bertz CT molecular complexity index is 1680.